The van der Waals surface area contributed by atoms with Gasteiger partial charge in [-0.2, -0.15) is 0 Å². The number of halogens is 3. The minimum atomic E-state index is -0.304. The Balaban J connectivity index is 0.00000484. The fourth-order valence-corrected chi connectivity index (χ4v) is 4.63. The lowest BCUT2D eigenvalue weighted by molar-refractivity contribution is -0.118. The van der Waals surface area contributed by atoms with Gasteiger partial charge in [0.2, 0.25) is 0 Å². The molecule has 0 saturated carbocycles. The van der Waals surface area contributed by atoms with Gasteiger partial charge in [-0.25, -0.2) is 4.98 Å². The van der Waals surface area contributed by atoms with Crippen molar-refractivity contribution in [1.82, 2.24) is 19.9 Å². The molecule has 42 heavy (non-hydrogen) atoms. The molecule has 224 valence electrons. The van der Waals surface area contributed by atoms with Crippen LogP contribution in [0.2, 0.25) is 0 Å². The number of hydrogen-bond acceptors (Lipinski definition) is 6. The van der Waals surface area contributed by atoms with Crippen molar-refractivity contribution in [3.63, 3.8) is 0 Å². The number of fused-ring (bicyclic) bond motifs is 1. The summed E-state index contributed by atoms with van der Waals surface area (Å²) in [5, 5.41) is 12.9. The maximum atomic E-state index is 12.6. The molecule has 0 aliphatic rings. The van der Waals surface area contributed by atoms with Crippen LogP contribution in [0.3, 0.4) is 0 Å². The van der Waals surface area contributed by atoms with Crippen LogP contribution in [-0.2, 0) is 11.8 Å². The number of imidazole rings is 1. The van der Waals surface area contributed by atoms with Gasteiger partial charge in [-0.15, -0.1) is 35.6 Å². The standard InChI is InChI=1S/C28H32Cl2N8O3.ClH/c1-37-16-19(34-26(39)17-41-21-5-3-20(4-6-21)38(12-9-29)13-10-30)15-24(37)27-35-22-7-2-18(14-23(22)36-27)28(40)33-11-8-25(31)32;/h2-7,14-16H,8-13,17H2,1H3,(H3,31,32)(H,33,40)(H,34,39)(H,35,36);1H. The monoisotopic (exact) mass is 634 g/mol. The van der Waals surface area contributed by atoms with E-state index in [4.69, 9.17) is 39.1 Å². The molecule has 4 aromatic rings. The molecule has 0 aliphatic carbocycles. The molecule has 4 rings (SSSR count). The summed E-state index contributed by atoms with van der Waals surface area (Å²) >= 11 is 11.8. The fraction of sp³-hybridized carbons (Fsp3) is 0.286. The minimum absolute atomic E-state index is 0. The van der Waals surface area contributed by atoms with Gasteiger partial charge < -0.3 is 35.6 Å². The third-order valence-electron chi connectivity index (χ3n) is 6.24. The van der Waals surface area contributed by atoms with Crippen LogP contribution in [-0.4, -0.2) is 70.2 Å². The first-order valence-electron chi connectivity index (χ1n) is 12.9. The Labute approximate surface area is 259 Å². The van der Waals surface area contributed by atoms with E-state index in [0.29, 0.717) is 53.2 Å². The van der Waals surface area contributed by atoms with E-state index < -0.39 is 0 Å². The molecule has 2 aromatic heterocycles. The van der Waals surface area contributed by atoms with Crippen molar-refractivity contribution >= 4 is 75.7 Å². The first-order valence-corrected chi connectivity index (χ1v) is 14.0. The number of aromatic nitrogens is 3. The number of ether oxygens (including phenoxy) is 1. The van der Waals surface area contributed by atoms with E-state index in [2.05, 4.69) is 25.5 Å². The van der Waals surface area contributed by atoms with Crippen molar-refractivity contribution in [2.45, 2.75) is 6.42 Å². The van der Waals surface area contributed by atoms with Gasteiger partial charge in [-0.05, 0) is 48.5 Å². The van der Waals surface area contributed by atoms with E-state index in [1.165, 1.54) is 0 Å². The fourth-order valence-electron chi connectivity index (χ4n) is 4.22. The molecule has 0 radical (unpaired) electrons. The summed E-state index contributed by atoms with van der Waals surface area (Å²) in [6.07, 6.45) is 2.07. The number of amidine groups is 1. The number of H-pyrrole nitrogens is 1. The molecule has 0 bridgehead atoms. The molecule has 0 atom stereocenters. The highest BCUT2D eigenvalue weighted by atomic mass is 35.5. The Morgan fingerprint density at radius 2 is 1.83 bits per heavy atom. The molecule has 2 amide bonds. The van der Waals surface area contributed by atoms with Gasteiger partial charge in [0.25, 0.3) is 11.8 Å². The lowest BCUT2D eigenvalue weighted by Crippen LogP contribution is -2.27. The lowest BCUT2D eigenvalue weighted by atomic mass is 10.2. The molecule has 0 spiro atoms. The molecular formula is C28H33Cl3N8O3. The summed E-state index contributed by atoms with van der Waals surface area (Å²) < 4.78 is 7.51. The first-order chi connectivity index (χ1) is 19.8. The topological polar surface area (TPSA) is 154 Å². The average molecular weight is 636 g/mol. The van der Waals surface area contributed by atoms with E-state index >= 15 is 0 Å². The van der Waals surface area contributed by atoms with E-state index in [0.717, 1.165) is 16.9 Å². The van der Waals surface area contributed by atoms with Crippen LogP contribution in [0.1, 0.15) is 16.8 Å². The number of benzene rings is 2. The van der Waals surface area contributed by atoms with Gasteiger partial charge in [-0.3, -0.25) is 15.0 Å². The summed E-state index contributed by atoms with van der Waals surface area (Å²) in [6.45, 7) is 1.51. The van der Waals surface area contributed by atoms with E-state index in [9.17, 15) is 9.59 Å². The molecule has 0 fully saturated rings. The number of nitrogens with one attached hydrogen (secondary N) is 4. The van der Waals surface area contributed by atoms with Gasteiger partial charge in [0, 0.05) is 62.3 Å². The quantitative estimate of drug-likeness (QED) is 0.0789. The average Bonchev–Trinajstić information content (AvgIpc) is 3.54. The number of nitrogens with two attached hydrogens (primary N) is 1. The molecule has 0 saturated heterocycles. The zero-order chi connectivity index (χ0) is 29.4. The summed E-state index contributed by atoms with van der Waals surface area (Å²) in [4.78, 5) is 35.0. The number of nitrogens with zero attached hydrogens (tertiary/aromatic N) is 3. The first kappa shape index (κ1) is 32.6. The third-order valence-corrected chi connectivity index (χ3v) is 6.58. The minimum Gasteiger partial charge on any atom is -0.484 e. The predicted octanol–water partition coefficient (Wildman–Crippen LogP) is 4.35. The number of hydrogen-bond donors (Lipinski definition) is 5. The SMILES string of the molecule is Cl.Cn1cc(NC(=O)COc2ccc(N(CCCl)CCCl)cc2)cc1-c1nc2cc(C(=O)NCCC(=N)N)ccc2[nH]1. The van der Waals surface area contributed by atoms with Gasteiger partial charge in [-0.1, -0.05) is 0 Å². The Morgan fingerprint density at radius 3 is 2.50 bits per heavy atom. The number of aryl methyl sites for hydroxylation is 1. The smallest absolute Gasteiger partial charge is 0.262 e. The molecule has 0 aliphatic heterocycles. The number of amides is 2. The number of carbonyl (C=O) groups excluding carboxylic acids is 2. The Kier molecular flexibility index (Phi) is 11.9. The maximum absolute atomic E-state index is 12.6. The molecule has 2 aromatic carbocycles. The summed E-state index contributed by atoms with van der Waals surface area (Å²) in [5.74, 6) is 1.60. The highest BCUT2D eigenvalue weighted by Crippen LogP contribution is 2.25. The van der Waals surface area contributed by atoms with Gasteiger partial charge in [0.05, 0.1) is 28.3 Å². The van der Waals surface area contributed by atoms with Crippen molar-refractivity contribution in [3.8, 4) is 17.3 Å². The Morgan fingerprint density at radius 1 is 1.12 bits per heavy atom. The molecular weight excluding hydrogens is 603 g/mol. The normalized spacial score (nSPS) is 10.6. The zero-order valence-electron chi connectivity index (χ0n) is 23.0. The van der Waals surface area contributed by atoms with Crippen molar-refractivity contribution in [3.05, 3.63) is 60.3 Å². The van der Waals surface area contributed by atoms with Crippen LogP contribution in [0.15, 0.2) is 54.7 Å². The molecule has 6 N–H and O–H groups in total. The van der Waals surface area contributed by atoms with Crippen LogP contribution in [0.5, 0.6) is 5.75 Å². The summed E-state index contributed by atoms with van der Waals surface area (Å²) in [7, 11) is 1.85. The molecule has 11 nitrogen and oxygen atoms in total. The second-order valence-electron chi connectivity index (χ2n) is 9.27. The Hall–Kier alpha value is -3.93. The van der Waals surface area contributed by atoms with Crippen molar-refractivity contribution in [2.24, 2.45) is 12.8 Å². The van der Waals surface area contributed by atoms with Crippen molar-refractivity contribution in [2.75, 3.05) is 48.2 Å². The highest BCUT2D eigenvalue weighted by Gasteiger charge is 2.14. The van der Waals surface area contributed by atoms with E-state index in [-0.39, 0.29) is 49.6 Å². The molecule has 0 unspecified atom stereocenters. The van der Waals surface area contributed by atoms with E-state index in [1.807, 2.05) is 29.8 Å². The number of carbonyl (C=O) groups is 2. The molecule has 14 heteroatoms. The number of aromatic amines is 1. The van der Waals surface area contributed by atoms with Crippen LogP contribution >= 0.6 is 35.6 Å². The lowest BCUT2D eigenvalue weighted by Gasteiger charge is -2.23. The van der Waals surface area contributed by atoms with Crippen LogP contribution in [0, 0.1) is 5.41 Å². The highest BCUT2D eigenvalue weighted by molar-refractivity contribution is 6.18. The molecule has 2 heterocycles. The summed E-state index contributed by atoms with van der Waals surface area (Å²) in [6, 6.07) is 14.4. The number of anilines is 2. The second-order valence-corrected chi connectivity index (χ2v) is 10.0. The van der Waals surface area contributed by atoms with Gasteiger partial charge in [0.15, 0.2) is 12.4 Å². The van der Waals surface area contributed by atoms with Gasteiger partial charge in [0.1, 0.15) is 5.75 Å². The van der Waals surface area contributed by atoms with Gasteiger partial charge >= 0.3 is 0 Å². The second kappa shape index (κ2) is 15.3. The third kappa shape index (κ3) is 8.54. The van der Waals surface area contributed by atoms with Crippen molar-refractivity contribution in [1.29, 1.82) is 5.41 Å². The van der Waals surface area contributed by atoms with Crippen LogP contribution in [0.4, 0.5) is 11.4 Å². The summed E-state index contributed by atoms with van der Waals surface area (Å²) in [5.41, 5.74) is 9.50. The number of rotatable bonds is 14. The number of alkyl halides is 2. The predicted molar refractivity (Wildman–Crippen MR) is 171 cm³/mol. The van der Waals surface area contributed by atoms with Crippen molar-refractivity contribution < 1.29 is 14.3 Å². The maximum Gasteiger partial charge on any atom is 0.262 e. The van der Waals surface area contributed by atoms with E-state index in [1.54, 1.807) is 36.5 Å². The zero-order valence-corrected chi connectivity index (χ0v) is 25.3. The Bertz CT molecular complexity index is 1510. The van der Waals surface area contributed by atoms with Crippen LogP contribution < -0.4 is 26.0 Å². The van der Waals surface area contributed by atoms with Crippen LogP contribution in [0.25, 0.3) is 22.6 Å². The largest absolute Gasteiger partial charge is 0.484 e.